The fraction of sp³-hybridized carbons (Fsp3) is 0.167. The van der Waals surface area contributed by atoms with Gasteiger partial charge in [0, 0.05) is 27.8 Å². The van der Waals surface area contributed by atoms with Crippen LogP contribution >= 0.6 is 46.3 Å². The molecule has 0 unspecified atom stereocenters. The van der Waals surface area contributed by atoms with Crippen LogP contribution in [0.25, 0.3) is 11.3 Å². The van der Waals surface area contributed by atoms with E-state index in [0.717, 1.165) is 16.2 Å². The second kappa shape index (κ2) is 13.2. The number of phenolic OH excluding ortho intramolecular Hbond substituents is 1. The molecule has 218 valence electrons. The number of β-lactam (4-membered cyclic amide) rings is 1. The summed E-state index contributed by atoms with van der Waals surface area (Å²) in [5.74, 6) is -3.87. The number of rotatable bonds is 9. The van der Waals surface area contributed by atoms with Gasteiger partial charge in [0.2, 0.25) is 0 Å². The molecule has 2 aliphatic heterocycles. The molecule has 1 fully saturated rings. The zero-order valence-corrected chi connectivity index (χ0v) is 27.0. The van der Waals surface area contributed by atoms with Crippen LogP contribution in [0, 0.1) is 0 Å². The number of nitrogens with zero attached hydrogens (tertiary/aromatic N) is 4. The van der Waals surface area contributed by atoms with Crippen LogP contribution in [0.3, 0.4) is 0 Å². The Labute approximate surface area is 282 Å². The Balaban J connectivity index is 0.00000423. The molecule has 0 aliphatic carbocycles. The molecule has 43 heavy (non-hydrogen) atoms. The number of carboxylic acids is 1. The molecule has 5 rings (SSSR count). The van der Waals surface area contributed by atoms with Crippen molar-refractivity contribution in [2.75, 3.05) is 11.5 Å². The fourth-order valence-corrected chi connectivity index (χ4v) is 6.38. The Bertz CT molecular complexity index is 1710. The van der Waals surface area contributed by atoms with Crippen LogP contribution in [0.1, 0.15) is 11.5 Å². The molecule has 1 aromatic carbocycles. The predicted octanol–water partition coefficient (Wildman–Crippen LogP) is -0.684. The van der Waals surface area contributed by atoms with E-state index in [0.29, 0.717) is 5.57 Å². The fourth-order valence-electron chi connectivity index (χ4n) is 4.06. The minimum atomic E-state index is -1.28. The van der Waals surface area contributed by atoms with E-state index in [1.807, 2.05) is 0 Å². The number of carbonyl (C=O) groups is 3. The molecule has 5 N–H and O–H groups in total. The molecule has 0 saturated carbocycles. The number of benzene rings is 1. The zero-order chi connectivity index (χ0) is 30.3. The summed E-state index contributed by atoms with van der Waals surface area (Å²) in [6.45, 7) is 3.27. The average molecular weight is 675 g/mol. The average Bonchev–Trinajstić information content (AvgIpc) is 3.62. The topological polar surface area (TPSA) is 217 Å². The van der Waals surface area contributed by atoms with Gasteiger partial charge in [0.05, 0.1) is 5.02 Å². The SMILES string of the molecule is C=CC1=C(C(=O)O)N2C(=O)[C@@H](NC(=O)/C(=N/OCc3cc(-c4cc(Cl)c([O-])c(O)c4Cl)no3)c3csc(N)n3)[C@H]2SC1.[Na+]. The number of carboxylic acid groups (broad SMARTS) is 1. The van der Waals surface area contributed by atoms with Crippen molar-refractivity contribution in [3.05, 3.63) is 62.9 Å². The number of halogens is 2. The summed E-state index contributed by atoms with van der Waals surface area (Å²) in [6.07, 6.45) is 1.38. The van der Waals surface area contributed by atoms with Crippen molar-refractivity contribution in [1.29, 1.82) is 0 Å². The molecular weight excluding hydrogens is 658 g/mol. The van der Waals surface area contributed by atoms with E-state index in [4.69, 9.17) is 38.3 Å². The van der Waals surface area contributed by atoms with Crippen molar-refractivity contribution in [2.24, 2.45) is 5.16 Å². The van der Waals surface area contributed by atoms with Crippen LogP contribution < -0.4 is 45.7 Å². The van der Waals surface area contributed by atoms with Gasteiger partial charge < -0.3 is 35.7 Å². The molecule has 3 aromatic rings. The number of aromatic hydroxyl groups is 1. The number of nitrogen functional groups attached to an aromatic ring is 1. The first-order valence-corrected chi connectivity index (χ1v) is 14.3. The molecule has 0 bridgehead atoms. The number of nitrogens with one attached hydrogen (secondary N) is 1. The summed E-state index contributed by atoms with van der Waals surface area (Å²) in [6, 6.07) is 1.59. The Morgan fingerprint density at radius 2 is 2.14 bits per heavy atom. The van der Waals surface area contributed by atoms with Gasteiger partial charge in [0.25, 0.3) is 11.8 Å². The van der Waals surface area contributed by atoms with E-state index in [1.54, 1.807) is 0 Å². The van der Waals surface area contributed by atoms with E-state index in [2.05, 4.69) is 27.2 Å². The monoisotopic (exact) mass is 674 g/mol. The second-order valence-corrected chi connectivity index (χ2v) is 11.4. The number of allylic oxidation sites excluding steroid dienone is 1. The molecule has 2 amide bonds. The molecular formula is C24H17Cl2N6NaO8S2. The van der Waals surface area contributed by atoms with Crippen LogP contribution in [0.2, 0.25) is 10.0 Å². The van der Waals surface area contributed by atoms with E-state index in [-0.39, 0.29) is 91.2 Å². The number of aliphatic carboxylic acids is 1. The minimum absolute atomic E-state index is 0. The summed E-state index contributed by atoms with van der Waals surface area (Å²) in [5.41, 5.74) is 5.98. The molecule has 1 saturated heterocycles. The van der Waals surface area contributed by atoms with Gasteiger partial charge in [0.15, 0.2) is 23.2 Å². The number of anilines is 1. The number of phenols is 1. The number of aromatic nitrogens is 2. The standard InChI is InChI=1S/C24H18Cl2N6O8S2.Na/c1-2-8-6-41-22-16(21(36)32(22)17(8)23(37)38)29-20(35)15(13-7-42-24(27)28-13)31-39-5-9-3-12(30-40-9)10-4-11(25)18(33)19(34)14(10)26;/h2-4,7,16,22,33-34H,1,5-6H2,(H2,27,28)(H,29,35)(H,37,38);/q;+1/p-1/b31-15+;/t16-,22-;/m1./s1. The first kappa shape index (κ1) is 32.7. The van der Waals surface area contributed by atoms with E-state index in [1.165, 1.54) is 35.4 Å². The number of thioether (sulfide) groups is 1. The third-order valence-corrected chi connectivity index (χ3v) is 8.70. The smallest absolute Gasteiger partial charge is 0.869 e. The molecule has 0 radical (unpaired) electrons. The number of thiazole rings is 1. The molecule has 2 atom stereocenters. The first-order valence-electron chi connectivity index (χ1n) is 11.6. The van der Waals surface area contributed by atoms with E-state index < -0.39 is 40.7 Å². The summed E-state index contributed by atoms with van der Waals surface area (Å²) in [4.78, 5) is 48.4. The van der Waals surface area contributed by atoms with Crippen molar-refractivity contribution >= 4 is 74.9 Å². The van der Waals surface area contributed by atoms with E-state index >= 15 is 0 Å². The van der Waals surface area contributed by atoms with Gasteiger partial charge in [-0.1, -0.05) is 46.2 Å². The van der Waals surface area contributed by atoms with Crippen molar-refractivity contribution in [3.8, 4) is 22.8 Å². The largest absolute Gasteiger partial charge is 1.00 e. The first-order chi connectivity index (χ1) is 20.0. The van der Waals surface area contributed by atoms with Crippen LogP contribution in [0.4, 0.5) is 5.13 Å². The third-order valence-electron chi connectivity index (χ3n) is 6.06. The molecule has 2 aromatic heterocycles. The van der Waals surface area contributed by atoms with Crippen molar-refractivity contribution in [2.45, 2.75) is 18.0 Å². The van der Waals surface area contributed by atoms with Gasteiger partial charge in [-0.3, -0.25) is 14.5 Å². The zero-order valence-electron chi connectivity index (χ0n) is 21.9. The number of oxime groups is 1. The number of amides is 2. The molecule has 14 nitrogen and oxygen atoms in total. The number of hydrogen-bond acceptors (Lipinski definition) is 13. The van der Waals surface area contributed by atoms with Crippen LogP contribution in [-0.4, -0.2) is 65.9 Å². The Morgan fingerprint density at radius 3 is 2.79 bits per heavy atom. The number of carbonyl (C=O) groups excluding carboxylic acids is 2. The maximum atomic E-state index is 13.2. The summed E-state index contributed by atoms with van der Waals surface area (Å²) < 4.78 is 5.20. The summed E-state index contributed by atoms with van der Waals surface area (Å²) in [5, 5.41) is 41.9. The van der Waals surface area contributed by atoms with Crippen LogP contribution in [0.5, 0.6) is 11.5 Å². The van der Waals surface area contributed by atoms with Crippen molar-refractivity contribution < 1.29 is 68.6 Å². The van der Waals surface area contributed by atoms with Crippen molar-refractivity contribution in [1.82, 2.24) is 20.4 Å². The second-order valence-electron chi connectivity index (χ2n) is 8.60. The quantitative estimate of drug-likeness (QED) is 0.0960. The number of nitrogens with two attached hydrogens (primary N) is 1. The number of hydrogen-bond donors (Lipinski definition) is 4. The van der Waals surface area contributed by atoms with Crippen LogP contribution in [0.15, 0.2) is 51.1 Å². The Morgan fingerprint density at radius 1 is 1.40 bits per heavy atom. The summed E-state index contributed by atoms with van der Waals surface area (Å²) in [7, 11) is 0. The Hall–Kier alpha value is -3.25. The number of fused-ring (bicyclic) bond motifs is 1. The maximum Gasteiger partial charge on any atom is 1.00 e. The van der Waals surface area contributed by atoms with Gasteiger partial charge in [0.1, 0.15) is 34.3 Å². The predicted molar refractivity (Wildman–Crippen MR) is 151 cm³/mol. The normalized spacial score (nSPS) is 18.0. The van der Waals surface area contributed by atoms with Gasteiger partial charge in [-0.25, -0.2) is 9.78 Å². The molecule has 4 heterocycles. The maximum absolute atomic E-state index is 13.2. The Kier molecular flexibility index (Phi) is 10.0. The minimum Gasteiger partial charge on any atom is -0.869 e. The molecule has 2 aliphatic rings. The molecule has 0 spiro atoms. The van der Waals surface area contributed by atoms with Gasteiger partial charge in [-0.05, 0) is 17.4 Å². The van der Waals surface area contributed by atoms with Gasteiger partial charge in [-0.2, -0.15) is 0 Å². The van der Waals surface area contributed by atoms with Crippen molar-refractivity contribution in [3.63, 3.8) is 0 Å². The summed E-state index contributed by atoms with van der Waals surface area (Å²) >= 11 is 14.2. The van der Waals surface area contributed by atoms with Crippen LogP contribution in [-0.2, 0) is 25.8 Å². The molecule has 19 heteroatoms. The third kappa shape index (κ3) is 6.22. The van der Waals surface area contributed by atoms with E-state index in [9.17, 15) is 29.7 Å². The van der Waals surface area contributed by atoms with Gasteiger partial charge in [-0.15, -0.1) is 23.1 Å². The van der Waals surface area contributed by atoms with Gasteiger partial charge >= 0.3 is 35.5 Å².